The van der Waals surface area contributed by atoms with Crippen molar-refractivity contribution in [2.24, 2.45) is 11.7 Å². The van der Waals surface area contributed by atoms with E-state index >= 15 is 0 Å². The second-order valence-corrected chi connectivity index (χ2v) is 6.88. The highest BCUT2D eigenvalue weighted by molar-refractivity contribution is 5.84. The minimum absolute atomic E-state index is 0.0946. The van der Waals surface area contributed by atoms with Crippen LogP contribution in [0.1, 0.15) is 37.7 Å². The Morgan fingerprint density at radius 1 is 1.29 bits per heavy atom. The van der Waals surface area contributed by atoms with Crippen LogP contribution in [0.3, 0.4) is 0 Å². The number of aliphatic hydroxyl groups is 1. The number of nitrogens with one attached hydrogen (secondary N) is 2. The Hall–Kier alpha value is -1.85. The maximum atomic E-state index is 12.4. The molecule has 130 valence electrons. The molecule has 1 heterocycles. The standard InChI is InChI=1S/C19H27N3O2/c20-18(13-6-2-1-3-7-13)19(24)22-15(12-23)10-14-11-21-17-9-5-4-8-16(14)17/h4-5,8-9,11,13,15,18,21,23H,1-3,6-7,10,12,20H2,(H,22,24). The summed E-state index contributed by atoms with van der Waals surface area (Å²) in [6, 6.07) is 7.26. The molecule has 0 bridgehead atoms. The normalized spacial score (nSPS) is 18.4. The molecule has 1 amide bonds. The van der Waals surface area contributed by atoms with Gasteiger partial charge in [-0.3, -0.25) is 4.79 Å². The Bertz CT molecular complexity index is 676. The number of hydrogen-bond donors (Lipinski definition) is 4. The van der Waals surface area contributed by atoms with Crippen LogP contribution in [0.5, 0.6) is 0 Å². The lowest BCUT2D eigenvalue weighted by molar-refractivity contribution is -0.124. The molecule has 0 aliphatic heterocycles. The summed E-state index contributed by atoms with van der Waals surface area (Å²) in [4.78, 5) is 15.7. The van der Waals surface area contributed by atoms with Crippen molar-refractivity contribution in [1.82, 2.24) is 10.3 Å². The van der Waals surface area contributed by atoms with E-state index in [0.29, 0.717) is 6.42 Å². The largest absolute Gasteiger partial charge is 0.394 e. The molecule has 1 aliphatic carbocycles. The van der Waals surface area contributed by atoms with E-state index < -0.39 is 6.04 Å². The van der Waals surface area contributed by atoms with E-state index in [9.17, 15) is 9.90 Å². The molecule has 5 nitrogen and oxygen atoms in total. The van der Waals surface area contributed by atoms with E-state index in [-0.39, 0.29) is 24.5 Å². The van der Waals surface area contributed by atoms with Crippen molar-refractivity contribution in [1.29, 1.82) is 0 Å². The molecule has 1 fully saturated rings. The topological polar surface area (TPSA) is 91.1 Å². The van der Waals surface area contributed by atoms with E-state index in [0.717, 1.165) is 42.1 Å². The number of hydrogen-bond acceptors (Lipinski definition) is 3. The highest BCUT2D eigenvalue weighted by Crippen LogP contribution is 2.26. The van der Waals surface area contributed by atoms with Gasteiger partial charge in [0.2, 0.25) is 5.91 Å². The van der Waals surface area contributed by atoms with Crippen molar-refractivity contribution in [3.8, 4) is 0 Å². The highest BCUT2D eigenvalue weighted by Gasteiger charge is 2.27. The number of amides is 1. The monoisotopic (exact) mass is 329 g/mol. The fraction of sp³-hybridized carbons (Fsp3) is 0.526. The second kappa shape index (κ2) is 7.81. The van der Waals surface area contributed by atoms with Crippen LogP contribution in [0.25, 0.3) is 10.9 Å². The molecule has 0 spiro atoms. The van der Waals surface area contributed by atoms with Gasteiger partial charge in [0.05, 0.1) is 18.7 Å². The molecule has 5 N–H and O–H groups in total. The summed E-state index contributed by atoms with van der Waals surface area (Å²) in [5.74, 6) is 0.131. The maximum Gasteiger partial charge on any atom is 0.237 e. The average Bonchev–Trinajstić information content (AvgIpc) is 3.04. The minimum atomic E-state index is -0.470. The van der Waals surface area contributed by atoms with Gasteiger partial charge in [-0.05, 0) is 36.8 Å². The lowest BCUT2D eigenvalue weighted by Crippen LogP contribution is -2.50. The fourth-order valence-corrected chi connectivity index (χ4v) is 3.73. The zero-order valence-corrected chi connectivity index (χ0v) is 14.0. The van der Waals surface area contributed by atoms with Gasteiger partial charge < -0.3 is 21.1 Å². The van der Waals surface area contributed by atoms with Crippen LogP contribution < -0.4 is 11.1 Å². The number of para-hydroxylation sites is 1. The van der Waals surface area contributed by atoms with Crippen LogP contribution in [-0.2, 0) is 11.2 Å². The summed E-state index contributed by atoms with van der Waals surface area (Å²) in [5.41, 5.74) is 8.32. The Morgan fingerprint density at radius 3 is 2.79 bits per heavy atom. The van der Waals surface area contributed by atoms with Gasteiger partial charge in [0.1, 0.15) is 0 Å². The third kappa shape index (κ3) is 3.79. The highest BCUT2D eigenvalue weighted by atomic mass is 16.3. The van der Waals surface area contributed by atoms with Crippen molar-refractivity contribution in [3.63, 3.8) is 0 Å². The Labute approximate surface area is 142 Å². The number of carbonyl (C=O) groups is 1. The van der Waals surface area contributed by atoms with Crippen LogP contribution in [0, 0.1) is 5.92 Å². The number of aliphatic hydroxyl groups excluding tert-OH is 1. The van der Waals surface area contributed by atoms with E-state index in [2.05, 4.69) is 10.3 Å². The average molecular weight is 329 g/mol. The van der Waals surface area contributed by atoms with Gasteiger partial charge in [-0.15, -0.1) is 0 Å². The van der Waals surface area contributed by atoms with Gasteiger partial charge in [-0.1, -0.05) is 37.5 Å². The van der Waals surface area contributed by atoms with Gasteiger partial charge in [0.15, 0.2) is 0 Å². The predicted octanol–water partition coefficient (Wildman–Crippen LogP) is 2.10. The summed E-state index contributed by atoms with van der Waals surface area (Å²) in [6.45, 7) is -0.0946. The molecular weight excluding hydrogens is 302 g/mol. The van der Waals surface area contributed by atoms with Gasteiger partial charge >= 0.3 is 0 Å². The van der Waals surface area contributed by atoms with E-state index in [1.54, 1.807) is 0 Å². The first kappa shape index (κ1) is 17.0. The number of aromatic amines is 1. The third-order valence-corrected chi connectivity index (χ3v) is 5.17. The molecule has 2 unspecified atom stereocenters. The molecule has 3 rings (SSSR count). The zero-order valence-electron chi connectivity index (χ0n) is 14.0. The summed E-state index contributed by atoms with van der Waals surface area (Å²) in [7, 11) is 0. The van der Waals surface area contributed by atoms with E-state index in [1.807, 2.05) is 30.5 Å². The quantitative estimate of drug-likeness (QED) is 0.654. The smallest absolute Gasteiger partial charge is 0.237 e. The number of benzene rings is 1. The van der Waals surface area contributed by atoms with Crippen LogP contribution in [0.4, 0.5) is 0 Å². The summed E-state index contributed by atoms with van der Waals surface area (Å²) in [6.07, 6.45) is 8.14. The van der Waals surface area contributed by atoms with Crippen LogP contribution in [-0.4, -0.2) is 34.7 Å². The molecule has 1 aromatic carbocycles. The number of aromatic nitrogens is 1. The van der Waals surface area contributed by atoms with Crippen molar-refractivity contribution < 1.29 is 9.90 Å². The molecular formula is C19H27N3O2. The first-order valence-corrected chi connectivity index (χ1v) is 8.91. The lowest BCUT2D eigenvalue weighted by atomic mass is 9.84. The minimum Gasteiger partial charge on any atom is -0.394 e. The molecule has 5 heteroatoms. The molecule has 2 atom stereocenters. The van der Waals surface area contributed by atoms with Crippen LogP contribution >= 0.6 is 0 Å². The Balaban J connectivity index is 1.62. The van der Waals surface area contributed by atoms with Crippen molar-refractivity contribution in [2.75, 3.05) is 6.61 Å². The first-order chi connectivity index (χ1) is 11.7. The van der Waals surface area contributed by atoms with Crippen molar-refractivity contribution in [2.45, 2.75) is 50.6 Å². The van der Waals surface area contributed by atoms with Crippen LogP contribution in [0.2, 0.25) is 0 Å². The zero-order chi connectivity index (χ0) is 16.9. The predicted molar refractivity (Wildman–Crippen MR) is 95.6 cm³/mol. The van der Waals surface area contributed by atoms with Gasteiger partial charge in [-0.2, -0.15) is 0 Å². The van der Waals surface area contributed by atoms with Gasteiger partial charge in [0.25, 0.3) is 0 Å². The summed E-state index contributed by atoms with van der Waals surface area (Å²) < 4.78 is 0. The summed E-state index contributed by atoms with van der Waals surface area (Å²) in [5, 5.41) is 13.7. The summed E-state index contributed by atoms with van der Waals surface area (Å²) >= 11 is 0. The molecule has 1 aromatic heterocycles. The van der Waals surface area contributed by atoms with E-state index in [1.165, 1.54) is 6.42 Å². The van der Waals surface area contributed by atoms with Crippen LogP contribution in [0.15, 0.2) is 30.5 Å². The van der Waals surface area contributed by atoms with Gasteiger partial charge in [0, 0.05) is 17.1 Å². The molecule has 0 radical (unpaired) electrons. The van der Waals surface area contributed by atoms with Crippen molar-refractivity contribution in [3.05, 3.63) is 36.0 Å². The third-order valence-electron chi connectivity index (χ3n) is 5.17. The fourth-order valence-electron chi connectivity index (χ4n) is 3.73. The molecule has 1 saturated carbocycles. The number of rotatable bonds is 6. The Kier molecular flexibility index (Phi) is 5.53. The SMILES string of the molecule is NC(C(=O)NC(CO)Cc1c[nH]c2ccccc12)C1CCCCC1. The molecule has 1 aliphatic rings. The molecule has 2 aromatic rings. The van der Waals surface area contributed by atoms with Crippen molar-refractivity contribution >= 4 is 16.8 Å². The second-order valence-electron chi connectivity index (χ2n) is 6.88. The molecule has 24 heavy (non-hydrogen) atoms. The Morgan fingerprint density at radius 2 is 2.04 bits per heavy atom. The number of nitrogens with two attached hydrogens (primary N) is 1. The first-order valence-electron chi connectivity index (χ1n) is 8.91. The van der Waals surface area contributed by atoms with Gasteiger partial charge in [-0.25, -0.2) is 0 Å². The van der Waals surface area contributed by atoms with E-state index in [4.69, 9.17) is 5.73 Å². The number of carbonyl (C=O) groups excluding carboxylic acids is 1. The number of fused-ring (bicyclic) bond motifs is 1. The molecule has 0 saturated heterocycles. The maximum absolute atomic E-state index is 12.4. The number of H-pyrrole nitrogens is 1. The lowest BCUT2D eigenvalue weighted by Gasteiger charge is -2.28.